The minimum Gasteiger partial charge on any atom is -0.481 e. The van der Waals surface area contributed by atoms with E-state index in [-0.39, 0.29) is 102 Å². The molecule has 14 amide bonds. The number of hydrogen-bond acceptors (Lipinski definition) is 24. The molecule has 1 saturated heterocycles. The summed E-state index contributed by atoms with van der Waals surface area (Å²) in [5.41, 5.74) is 39.7. The number of nitrogens with zero attached hydrogens (tertiary/aromatic N) is 3. The van der Waals surface area contributed by atoms with Gasteiger partial charge in [0.2, 0.25) is 82.7 Å². The molecular formula is C70H110N24O20S2. The number of amides is 14. The molecule has 0 spiro atoms. The molecule has 116 heavy (non-hydrogen) atoms. The van der Waals surface area contributed by atoms with Crippen molar-refractivity contribution >= 4 is 134 Å². The van der Waals surface area contributed by atoms with Gasteiger partial charge in [0.05, 0.1) is 39.3 Å². The zero-order chi connectivity index (χ0) is 86.6. The molecule has 642 valence electrons. The fourth-order valence-corrected chi connectivity index (χ4v) is 13.1. The van der Waals surface area contributed by atoms with Gasteiger partial charge in [0.25, 0.3) is 0 Å². The summed E-state index contributed by atoms with van der Waals surface area (Å²) in [6.07, 6.45) is -2.13. The van der Waals surface area contributed by atoms with Crippen LogP contribution in [0.5, 0.6) is 0 Å². The molecule has 2 aromatic rings. The average Bonchev–Trinajstić information content (AvgIpc) is 0.847. The van der Waals surface area contributed by atoms with Crippen molar-refractivity contribution in [3.63, 3.8) is 0 Å². The van der Waals surface area contributed by atoms with Gasteiger partial charge in [0, 0.05) is 44.0 Å². The lowest BCUT2D eigenvalue weighted by Crippen LogP contribution is -2.62. The van der Waals surface area contributed by atoms with Gasteiger partial charge in [-0.05, 0) is 61.5 Å². The Bertz CT molecular complexity index is 3750. The number of aliphatic hydroxyl groups is 2. The fourth-order valence-electron chi connectivity index (χ4n) is 10.8. The number of carbonyl (C=O) groups excluding carboxylic acids is 14. The van der Waals surface area contributed by atoms with Crippen molar-refractivity contribution < 1.29 is 97.1 Å². The molecule has 46 heteroatoms. The van der Waals surface area contributed by atoms with Crippen LogP contribution in [0.25, 0.3) is 0 Å². The van der Waals surface area contributed by atoms with Crippen LogP contribution < -0.4 is 115 Å². The summed E-state index contributed by atoms with van der Waals surface area (Å²) in [5.74, 6) is -21.9. The Morgan fingerprint density at radius 1 is 0.491 bits per heavy atom. The third kappa shape index (κ3) is 37.5. The number of aliphatic imine (C=N–C) groups is 3. The first-order valence-corrected chi connectivity index (χ1v) is 39.5. The lowest BCUT2D eigenvalue weighted by molar-refractivity contribution is -0.142. The molecule has 32 N–H and O–H groups in total. The quantitative estimate of drug-likeness (QED) is 0.0137. The zero-order valence-electron chi connectivity index (χ0n) is 64.7. The first-order valence-electron chi connectivity index (χ1n) is 37.1. The standard InChI is InChI=1S/C70H110N24O20S2/c1-5-36(3)54-65(111)89-46(28-53(100)101)62(108)86-42(21-14-24-79-69(74)75)60(106)94-55(37(4)6-2)66(112)92-49(64(110)88-45(27-39-18-11-8-12-19-39)61(107)87-43(67(113)114)22-15-25-80-70(76)77)35-116-115-34-48(91-63(109)47(33-96)90-56(102)40(71)32-95)58(104)83-31-52(99)85-44(26-38-16-9-7-10-17-38)57(103)82-29-50(97)81-30-51(98)84-41(59(105)93-54)20-13-23-78-68(72)73/h7-12,16-19,36-37,40-49,54-55,95-96H,5-6,13-15,20-35,71H2,1-4H3,(H,81,97)(H,82,103)(H,83,104)(H,84,98)(H,85,99)(H,86,108)(H,87,107)(H,88,110)(H,89,111)(H,90,102)(H,91,109)(H,92,112)(H,93,105)(H,94,106)(H,100,101)(H,113,114)(H4,72,73,78)(H4,74,75,79)(H4,76,77,80)/t36-,37-,40-,41+,42-,43+,44+,45+,46+,47-,48+,49+,54-,55+/m0/s1. The topological polar surface area (TPSA) is 742 Å². The number of nitrogens with two attached hydrogens (primary N) is 7. The molecule has 0 radical (unpaired) electrons. The number of rotatable bonds is 33. The maximum atomic E-state index is 15.2. The van der Waals surface area contributed by atoms with Gasteiger partial charge in [-0.1, -0.05) is 123 Å². The number of nitrogens with one attached hydrogen (secondary N) is 14. The molecule has 14 atom stereocenters. The Balaban J connectivity index is 2.36. The summed E-state index contributed by atoms with van der Waals surface area (Å²) < 4.78 is 0. The van der Waals surface area contributed by atoms with E-state index in [1.807, 2.05) is 0 Å². The number of benzene rings is 2. The van der Waals surface area contributed by atoms with E-state index in [0.717, 1.165) is 21.6 Å². The van der Waals surface area contributed by atoms with Gasteiger partial charge in [-0.2, -0.15) is 0 Å². The van der Waals surface area contributed by atoms with E-state index in [9.17, 15) is 87.5 Å². The Kier molecular flexibility index (Phi) is 44.8. The normalized spacial score (nSPS) is 21.3. The van der Waals surface area contributed by atoms with Crippen LogP contribution in [0, 0.1) is 11.8 Å². The first kappa shape index (κ1) is 98.5. The third-order valence-electron chi connectivity index (χ3n) is 17.6. The van der Waals surface area contributed by atoms with Crippen molar-refractivity contribution in [2.24, 2.45) is 66.9 Å². The number of aliphatic hydroxyl groups excluding tert-OH is 2. The molecular weight excluding hydrogens is 1560 g/mol. The second kappa shape index (κ2) is 52.7. The summed E-state index contributed by atoms with van der Waals surface area (Å²) in [7, 11) is 1.48. The highest BCUT2D eigenvalue weighted by Gasteiger charge is 2.39. The molecule has 0 bridgehead atoms. The van der Waals surface area contributed by atoms with Gasteiger partial charge in [0.15, 0.2) is 17.9 Å². The zero-order valence-corrected chi connectivity index (χ0v) is 66.4. The maximum Gasteiger partial charge on any atom is 0.326 e. The SMILES string of the molecule is CC[C@H](C)[C@@H]1NC(=O)[C@@H](CCCN=C(N)N)NC(=O)CNC(=O)CNC(=O)[C@@H](Cc2ccccc2)NC(=O)CNC(=O)[C@H](NC(=O)[C@H](CO)NC(=O)[C@@H](N)CO)CSSC[C@H](C(=O)N[C@H](Cc2ccccc2)C(=O)N[C@H](CCCN=C(N)N)C(=O)O)NC(=O)[C@@H]([C@@H](C)CC)NC(=O)[C@H](CCCN=C(N)N)NC(=O)[C@@H](CC(=O)O)NC1=O. The minimum absolute atomic E-state index is 0.0265. The van der Waals surface area contributed by atoms with Gasteiger partial charge in [-0.15, -0.1) is 0 Å². The van der Waals surface area contributed by atoms with Gasteiger partial charge in [-0.3, -0.25) is 86.9 Å². The summed E-state index contributed by atoms with van der Waals surface area (Å²) in [6, 6.07) is -3.94. The van der Waals surface area contributed by atoms with Crippen LogP contribution in [0.2, 0.25) is 0 Å². The van der Waals surface area contributed by atoms with Crippen molar-refractivity contribution in [3.8, 4) is 0 Å². The number of aliphatic carboxylic acids is 2. The second-order valence-corrected chi connectivity index (χ2v) is 29.4. The molecule has 3 rings (SSSR count). The summed E-state index contributed by atoms with van der Waals surface area (Å²) in [4.78, 5) is 236. The highest BCUT2D eigenvalue weighted by molar-refractivity contribution is 8.76. The molecule has 1 heterocycles. The Morgan fingerprint density at radius 2 is 0.957 bits per heavy atom. The number of hydrogen-bond donors (Lipinski definition) is 25. The Hall–Kier alpha value is -11.6. The molecule has 1 fully saturated rings. The predicted octanol–water partition coefficient (Wildman–Crippen LogP) is -9.33. The number of guanidine groups is 3. The van der Waals surface area contributed by atoms with Crippen molar-refractivity contribution in [3.05, 3.63) is 71.8 Å². The summed E-state index contributed by atoms with van der Waals surface area (Å²) in [6.45, 7) is 1.51. The van der Waals surface area contributed by atoms with Crippen LogP contribution in [0.4, 0.5) is 0 Å². The van der Waals surface area contributed by atoms with Crippen LogP contribution in [-0.2, 0) is 89.6 Å². The minimum atomic E-state index is -2.02. The number of carboxylic acids is 2. The third-order valence-corrected chi connectivity index (χ3v) is 20.1. The van der Waals surface area contributed by atoms with Crippen molar-refractivity contribution in [1.82, 2.24) is 74.4 Å². The van der Waals surface area contributed by atoms with Gasteiger partial charge >= 0.3 is 11.9 Å². The largest absolute Gasteiger partial charge is 0.481 e. The maximum absolute atomic E-state index is 15.2. The second-order valence-electron chi connectivity index (χ2n) is 26.8. The van der Waals surface area contributed by atoms with E-state index in [1.165, 1.54) is 13.8 Å². The van der Waals surface area contributed by atoms with Gasteiger partial charge in [0.1, 0.15) is 72.5 Å². The van der Waals surface area contributed by atoms with E-state index >= 15 is 9.59 Å². The molecule has 0 unspecified atom stereocenters. The number of carbonyl (C=O) groups is 16. The summed E-state index contributed by atoms with van der Waals surface area (Å²) in [5, 5.41) is 74.3. The number of carboxylic acid groups (broad SMARTS) is 2. The van der Waals surface area contributed by atoms with Crippen molar-refractivity contribution in [2.45, 2.75) is 171 Å². The molecule has 44 nitrogen and oxygen atoms in total. The van der Waals surface area contributed by atoms with E-state index < -0.39 is 230 Å². The van der Waals surface area contributed by atoms with Crippen molar-refractivity contribution in [2.75, 3.05) is 64.0 Å². The van der Waals surface area contributed by atoms with Crippen LogP contribution in [0.1, 0.15) is 96.6 Å². The first-order chi connectivity index (χ1) is 55.0. The van der Waals surface area contributed by atoms with Gasteiger partial charge in [-0.25, -0.2) is 4.79 Å². The van der Waals surface area contributed by atoms with E-state index in [1.54, 1.807) is 74.5 Å². The monoisotopic (exact) mass is 1670 g/mol. The van der Waals surface area contributed by atoms with Crippen molar-refractivity contribution in [1.29, 1.82) is 0 Å². The lowest BCUT2D eigenvalue weighted by atomic mass is 9.96. The molecule has 0 saturated carbocycles. The Morgan fingerprint density at radius 3 is 1.47 bits per heavy atom. The van der Waals surface area contributed by atoms with E-state index in [4.69, 9.17) is 40.1 Å². The van der Waals surface area contributed by atoms with E-state index in [2.05, 4.69) is 89.4 Å². The van der Waals surface area contributed by atoms with Gasteiger partial charge < -0.3 is 135 Å². The highest BCUT2D eigenvalue weighted by atomic mass is 33.1. The van der Waals surface area contributed by atoms with Crippen LogP contribution in [0.3, 0.4) is 0 Å². The fraction of sp³-hybridized carbons (Fsp3) is 0.557. The van der Waals surface area contributed by atoms with Crippen LogP contribution >= 0.6 is 21.6 Å². The molecule has 1 aliphatic rings. The lowest BCUT2D eigenvalue weighted by Gasteiger charge is -2.30. The molecule has 0 aliphatic carbocycles. The van der Waals surface area contributed by atoms with Crippen LogP contribution in [0.15, 0.2) is 75.6 Å². The summed E-state index contributed by atoms with van der Waals surface area (Å²) >= 11 is 0. The predicted molar refractivity (Wildman–Crippen MR) is 426 cm³/mol. The van der Waals surface area contributed by atoms with E-state index in [0.29, 0.717) is 11.1 Å². The molecule has 1 aliphatic heterocycles. The van der Waals surface area contributed by atoms with Crippen LogP contribution in [-0.4, -0.2) is 269 Å². The smallest absolute Gasteiger partial charge is 0.326 e. The Labute approximate surface area is 676 Å². The average molecular weight is 1670 g/mol. The highest BCUT2D eigenvalue weighted by Crippen LogP contribution is 2.24. The molecule has 2 aromatic carbocycles. The molecule has 0 aromatic heterocycles.